The van der Waals surface area contributed by atoms with Gasteiger partial charge in [0.1, 0.15) is 0 Å². The standard InChI is InChI=1S/C3H5Cl/c1-2-3-4/h2H,1,3H2/i1D2. The average molecular weight is 78.5 g/mol. The maximum Gasteiger partial charge on any atom is 0.0535 e. The van der Waals surface area contributed by atoms with Crippen LogP contribution >= 0.6 is 11.6 Å². The number of hydrogen-bond acceptors (Lipinski definition) is 0. The Bertz CT molecular complexity index is 55.8. The van der Waals surface area contributed by atoms with Gasteiger partial charge in [-0.3, -0.25) is 0 Å². The first-order valence-corrected chi connectivity index (χ1v) is 1.50. The van der Waals surface area contributed by atoms with E-state index in [4.69, 9.17) is 14.3 Å². The number of rotatable bonds is 1. The van der Waals surface area contributed by atoms with E-state index in [-0.39, 0.29) is 12.4 Å². The molecule has 0 fully saturated rings. The third-order valence-corrected chi connectivity index (χ3v) is 0.231. The van der Waals surface area contributed by atoms with Gasteiger partial charge in [-0.25, -0.2) is 0 Å². The fourth-order valence-corrected chi connectivity index (χ4v) is 0. The summed E-state index contributed by atoms with van der Waals surface area (Å²) < 4.78 is 12.8. The van der Waals surface area contributed by atoms with Crippen molar-refractivity contribution in [3.05, 3.63) is 12.6 Å². The molecule has 0 radical (unpaired) electrons. The largest absolute Gasteiger partial charge is 0.122 e. The summed E-state index contributed by atoms with van der Waals surface area (Å²) in [6.45, 7) is -0.218. The molecule has 0 unspecified atom stereocenters. The average Bonchev–Trinajstić information content (AvgIpc) is 1.35. The lowest BCUT2D eigenvalue weighted by molar-refractivity contribution is 1.80. The van der Waals surface area contributed by atoms with E-state index in [1.54, 1.807) is 0 Å². The minimum absolute atomic E-state index is 0.218. The summed E-state index contributed by atoms with van der Waals surface area (Å²) in [5, 5.41) is 0. The highest BCUT2D eigenvalue weighted by atomic mass is 35.5. The fraction of sp³-hybridized carbons (Fsp3) is 0.333. The molecule has 0 aromatic rings. The molecule has 0 aliphatic rings. The molecular weight excluding hydrogens is 71.5 g/mol. The zero-order valence-electron chi connectivity index (χ0n) is 4.16. The van der Waals surface area contributed by atoms with Gasteiger partial charge in [-0.05, 0) is 0 Å². The number of hydrogen-bond donors (Lipinski definition) is 0. The Balaban J connectivity index is 3.14. The summed E-state index contributed by atoms with van der Waals surface area (Å²) in [5.74, 6) is 0.266. The van der Waals surface area contributed by atoms with Crippen LogP contribution in [0.15, 0.2) is 12.6 Å². The number of allylic oxidation sites excluding steroid dienone is 1. The molecule has 0 spiro atoms. The van der Waals surface area contributed by atoms with E-state index in [9.17, 15) is 0 Å². The van der Waals surface area contributed by atoms with Gasteiger partial charge in [0, 0.05) is 5.88 Å². The van der Waals surface area contributed by atoms with Gasteiger partial charge in [-0.2, -0.15) is 0 Å². The smallest absolute Gasteiger partial charge is 0.0535 e. The van der Waals surface area contributed by atoms with Gasteiger partial charge in [-0.1, -0.05) is 6.08 Å². The Hall–Kier alpha value is 0.0300. The predicted octanol–water partition coefficient (Wildman–Crippen LogP) is 1.41. The van der Waals surface area contributed by atoms with Crippen LogP contribution < -0.4 is 0 Å². The monoisotopic (exact) mass is 78.0 g/mol. The molecule has 0 nitrogen and oxygen atoms in total. The van der Waals surface area contributed by atoms with E-state index in [2.05, 4.69) is 0 Å². The first-order valence-electron chi connectivity index (χ1n) is 1.96. The normalized spacial score (nSPS) is 12.2. The van der Waals surface area contributed by atoms with Crippen molar-refractivity contribution in [2.24, 2.45) is 0 Å². The highest BCUT2D eigenvalue weighted by Crippen LogP contribution is 1.67. The van der Waals surface area contributed by atoms with Crippen molar-refractivity contribution in [2.45, 2.75) is 0 Å². The zero-order chi connectivity index (χ0) is 4.99. The Morgan fingerprint density at radius 3 is 3.25 bits per heavy atom. The summed E-state index contributed by atoms with van der Waals surface area (Å²) in [7, 11) is 0. The maximum atomic E-state index is 6.42. The second kappa shape index (κ2) is 3.03. The van der Waals surface area contributed by atoms with Crippen LogP contribution in [-0.4, -0.2) is 5.88 Å². The molecule has 0 rings (SSSR count). The third-order valence-electron chi connectivity index (χ3n) is 0.0772. The molecule has 0 N–H and O–H groups in total. The molecule has 24 valence electrons. The van der Waals surface area contributed by atoms with Gasteiger partial charge in [0.05, 0.1) is 2.74 Å². The van der Waals surface area contributed by atoms with Crippen molar-refractivity contribution < 1.29 is 2.74 Å². The molecule has 4 heavy (non-hydrogen) atoms. The molecule has 0 saturated heterocycles. The minimum Gasteiger partial charge on any atom is -0.122 e. The molecule has 0 aromatic carbocycles. The van der Waals surface area contributed by atoms with E-state index in [1.165, 1.54) is 6.08 Å². The molecule has 0 heterocycles. The Labute approximate surface area is 33.9 Å². The van der Waals surface area contributed by atoms with E-state index in [0.29, 0.717) is 0 Å². The second-order valence-corrected chi connectivity index (χ2v) is 0.667. The van der Waals surface area contributed by atoms with Crippen molar-refractivity contribution in [2.75, 3.05) is 5.88 Å². The topological polar surface area (TPSA) is 0 Å². The fourth-order valence-electron chi connectivity index (χ4n) is 0. The molecule has 0 aliphatic carbocycles. The van der Waals surface area contributed by atoms with E-state index < -0.39 is 0 Å². The summed E-state index contributed by atoms with van der Waals surface area (Å²) in [5.41, 5.74) is 0. The SMILES string of the molecule is [2H]C([2H])=CCCl. The highest BCUT2D eigenvalue weighted by Gasteiger charge is 1.48. The minimum atomic E-state index is -0.218. The molecule has 1 heteroatoms. The lowest BCUT2D eigenvalue weighted by Crippen LogP contribution is -1.45. The Morgan fingerprint density at radius 1 is 2.50 bits per heavy atom. The molecular formula is C3H5Cl. The van der Waals surface area contributed by atoms with Crippen LogP contribution in [0.4, 0.5) is 0 Å². The maximum absolute atomic E-state index is 6.42. The predicted molar refractivity (Wildman–Crippen MR) is 20.9 cm³/mol. The van der Waals surface area contributed by atoms with E-state index in [1.807, 2.05) is 0 Å². The van der Waals surface area contributed by atoms with Crippen LogP contribution in [-0.2, 0) is 0 Å². The summed E-state index contributed by atoms with van der Waals surface area (Å²) in [4.78, 5) is 0. The summed E-state index contributed by atoms with van der Waals surface area (Å²) in [6, 6.07) is 0. The lowest BCUT2D eigenvalue weighted by atomic mass is 10.8. The van der Waals surface area contributed by atoms with Crippen LogP contribution in [0.25, 0.3) is 0 Å². The van der Waals surface area contributed by atoms with Crippen LogP contribution in [0.1, 0.15) is 2.74 Å². The van der Waals surface area contributed by atoms with Crippen molar-refractivity contribution in [1.82, 2.24) is 0 Å². The lowest BCUT2D eigenvalue weighted by Gasteiger charge is -1.55. The van der Waals surface area contributed by atoms with Gasteiger partial charge in [-0.15, -0.1) is 18.1 Å². The highest BCUT2D eigenvalue weighted by molar-refractivity contribution is 6.18. The summed E-state index contributed by atoms with van der Waals surface area (Å²) in [6.07, 6.45) is 1.31. The van der Waals surface area contributed by atoms with Crippen LogP contribution in [0.2, 0.25) is 0 Å². The van der Waals surface area contributed by atoms with Gasteiger partial charge in [0.15, 0.2) is 0 Å². The Morgan fingerprint density at radius 2 is 3.25 bits per heavy atom. The van der Waals surface area contributed by atoms with Gasteiger partial charge >= 0.3 is 0 Å². The van der Waals surface area contributed by atoms with Crippen LogP contribution in [0, 0.1) is 0 Å². The van der Waals surface area contributed by atoms with Gasteiger partial charge < -0.3 is 0 Å². The van der Waals surface area contributed by atoms with Crippen molar-refractivity contribution in [1.29, 1.82) is 0 Å². The first kappa shape index (κ1) is 1.46. The molecule has 0 aromatic heterocycles. The molecule has 0 bridgehead atoms. The van der Waals surface area contributed by atoms with Crippen molar-refractivity contribution >= 4 is 11.6 Å². The summed E-state index contributed by atoms with van der Waals surface area (Å²) >= 11 is 5.08. The third kappa shape index (κ3) is 2.03. The van der Waals surface area contributed by atoms with E-state index in [0.717, 1.165) is 0 Å². The van der Waals surface area contributed by atoms with Crippen LogP contribution in [0.3, 0.4) is 0 Å². The van der Waals surface area contributed by atoms with Crippen molar-refractivity contribution in [3.8, 4) is 0 Å². The van der Waals surface area contributed by atoms with Gasteiger partial charge in [0.2, 0.25) is 0 Å². The quantitative estimate of drug-likeness (QED) is 0.329. The molecule has 0 atom stereocenters. The van der Waals surface area contributed by atoms with Crippen molar-refractivity contribution in [3.63, 3.8) is 0 Å². The first-order chi connectivity index (χ1) is 2.77. The molecule has 0 saturated carbocycles. The molecule has 0 aliphatic heterocycles. The molecule has 0 amide bonds. The second-order valence-electron chi connectivity index (χ2n) is 0.358. The van der Waals surface area contributed by atoms with Crippen LogP contribution in [0.5, 0.6) is 0 Å². The zero-order valence-corrected chi connectivity index (χ0v) is 2.92. The van der Waals surface area contributed by atoms with Gasteiger partial charge in [0.25, 0.3) is 0 Å². The number of alkyl halides is 1. The number of halogens is 1. The van der Waals surface area contributed by atoms with E-state index >= 15 is 0 Å². The Kier molecular flexibility index (Phi) is 1.11.